The van der Waals surface area contributed by atoms with Gasteiger partial charge in [-0.2, -0.15) is 0 Å². The summed E-state index contributed by atoms with van der Waals surface area (Å²) >= 11 is 0. The molecule has 30 heavy (non-hydrogen) atoms. The van der Waals surface area contributed by atoms with Crippen molar-refractivity contribution in [1.82, 2.24) is 0 Å². The summed E-state index contributed by atoms with van der Waals surface area (Å²) in [7, 11) is 1.12. The molecule has 5 nitrogen and oxygen atoms in total. The van der Waals surface area contributed by atoms with Crippen molar-refractivity contribution < 1.29 is 41.4 Å². The highest BCUT2D eigenvalue weighted by molar-refractivity contribution is 5.88. The van der Waals surface area contributed by atoms with Gasteiger partial charge in [0.1, 0.15) is 6.61 Å². The molecule has 166 valence electrons. The molecule has 9 heteroatoms. The first kappa shape index (κ1) is 23.9. The van der Waals surface area contributed by atoms with Gasteiger partial charge < -0.3 is 14.2 Å². The topological polar surface area (TPSA) is 61.8 Å². The first-order valence-corrected chi connectivity index (χ1v) is 9.33. The van der Waals surface area contributed by atoms with Gasteiger partial charge in [0.15, 0.2) is 23.3 Å². The lowest BCUT2D eigenvalue weighted by molar-refractivity contribution is -0.147. The Kier molecular flexibility index (Phi) is 7.28. The van der Waals surface area contributed by atoms with E-state index in [9.17, 15) is 27.2 Å². The van der Waals surface area contributed by atoms with Crippen LogP contribution in [0.1, 0.15) is 38.8 Å². The minimum Gasteiger partial charge on any atom is -0.463 e. The highest BCUT2D eigenvalue weighted by atomic mass is 19.2. The van der Waals surface area contributed by atoms with Gasteiger partial charge in [-0.1, -0.05) is 19.9 Å². The summed E-state index contributed by atoms with van der Waals surface area (Å²) < 4.78 is 70.7. The SMILES string of the molecule is CCOC(=O)/C(C)=C/C1C(C(=O)OCc2c(F)c(F)c(COC)c(F)c2F)C1(C)C. The van der Waals surface area contributed by atoms with Crippen molar-refractivity contribution >= 4 is 11.9 Å². The van der Waals surface area contributed by atoms with Crippen molar-refractivity contribution in [2.24, 2.45) is 17.3 Å². The van der Waals surface area contributed by atoms with Gasteiger partial charge in [0.25, 0.3) is 0 Å². The molecule has 0 bridgehead atoms. The molecule has 1 fully saturated rings. The van der Waals surface area contributed by atoms with E-state index in [2.05, 4.69) is 4.74 Å². The number of allylic oxidation sites excluding steroid dienone is 1. The quantitative estimate of drug-likeness (QED) is 0.267. The fourth-order valence-electron chi connectivity index (χ4n) is 3.37. The lowest BCUT2D eigenvalue weighted by Gasteiger charge is -2.12. The van der Waals surface area contributed by atoms with E-state index < -0.39 is 70.9 Å². The van der Waals surface area contributed by atoms with E-state index in [4.69, 9.17) is 9.47 Å². The Morgan fingerprint density at radius 1 is 0.967 bits per heavy atom. The molecule has 1 aliphatic rings. The minimum atomic E-state index is -1.64. The third-order valence-corrected chi connectivity index (χ3v) is 5.28. The molecule has 1 saturated carbocycles. The minimum absolute atomic E-state index is 0.205. The van der Waals surface area contributed by atoms with Gasteiger partial charge in [-0.15, -0.1) is 0 Å². The van der Waals surface area contributed by atoms with Crippen LogP contribution in [0.2, 0.25) is 0 Å². The Bertz CT molecular complexity index is 850. The lowest BCUT2D eigenvalue weighted by Crippen LogP contribution is -2.15. The maximum atomic E-state index is 14.2. The lowest BCUT2D eigenvalue weighted by atomic mass is 10.1. The number of methoxy groups -OCH3 is 1. The zero-order valence-corrected chi connectivity index (χ0v) is 17.4. The summed E-state index contributed by atoms with van der Waals surface area (Å²) in [5.74, 6) is -8.83. The van der Waals surface area contributed by atoms with Crippen molar-refractivity contribution in [2.75, 3.05) is 13.7 Å². The molecule has 0 spiro atoms. The standard InChI is InChI=1S/C21H24F4O5/c1-6-29-19(26)10(2)7-13-14(21(13,3)4)20(27)30-9-12-17(24)15(22)11(8-28-5)16(23)18(12)25/h7,13-14H,6,8-9H2,1-5H3/b10-7+. The number of carbonyl (C=O) groups is 2. The first-order valence-electron chi connectivity index (χ1n) is 9.33. The average molecular weight is 432 g/mol. The van der Waals surface area contributed by atoms with Crippen LogP contribution in [0.15, 0.2) is 11.6 Å². The van der Waals surface area contributed by atoms with Crippen LogP contribution < -0.4 is 0 Å². The van der Waals surface area contributed by atoms with E-state index in [1.165, 1.54) is 0 Å². The molecular formula is C21H24F4O5. The number of rotatable bonds is 8. The van der Waals surface area contributed by atoms with Gasteiger partial charge >= 0.3 is 11.9 Å². The Morgan fingerprint density at radius 3 is 1.93 bits per heavy atom. The smallest absolute Gasteiger partial charge is 0.333 e. The molecule has 0 saturated heterocycles. The van der Waals surface area contributed by atoms with Gasteiger partial charge in [-0.25, -0.2) is 22.4 Å². The van der Waals surface area contributed by atoms with Crippen LogP contribution in [0.5, 0.6) is 0 Å². The van der Waals surface area contributed by atoms with Crippen LogP contribution in [-0.4, -0.2) is 25.7 Å². The van der Waals surface area contributed by atoms with E-state index in [1.54, 1.807) is 33.8 Å². The summed E-state index contributed by atoms with van der Waals surface area (Å²) in [6.07, 6.45) is 1.59. The van der Waals surface area contributed by atoms with Crippen molar-refractivity contribution in [2.45, 2.75) is 40.9 Å². The number of benzene rings is 1. The van der Waals surface area contributed by atoms with Crippen molar-refractivity contribution in [3.63, 3.8) is 0 Å². The number of ether oxygens (including phenoxy) is 3. The van der Waals surface area contributed by atoms with Gasteiger partial charge in [-0.05, 0) is 25.2 Å². The monoisotopic (exact) mass is 432 g/mol. The Morgan fingerprint density at radius 2 is 1.47 bits per heavy atom. The maximum Gasteiger partial charge on any atom is 0.333 e. The molecule has 2 atom stereocenters. The van der Waals surface area contributed by atoms with Crippen LogP contribution in [0.3, 0.4) is 0 Å². The first-order chi connectivity index (χ1) is 14.0. The molecule has 1 aliphatic carbocycles. The third-order valence-electron chi connectivity index (χ3n) is 5.28. The molecule has 0 aromatic heterocycles. The second kappa shape index (κ2) is 9.16. The van der Waals surface area contributed by atoms with Crippen LogP contribution in [-0.2, 0) is 37.0 Å². The number of halogens is 4. The summed E-state index contributed by atoms with van der Waals surface area (Å²) in [6.45, 7) is 5.31. The number of carbonyl (C=O) groups excluding carboxylic acids is 2. The zero-order chi connectivity index (χ0) is 22.8. The fourth-order valence-corrected chi connectivity index (χ4v) is 3.37. The Labute approximate surface area is 172 Å². The van der Waals surface area contributed by atoms with E-state index in [0.717, 1.165) is 7.11 Å². The number of hydrogen-bond donors (Lipinski definition) is 0. The summed E-state index contributed by atoms with van der Waals surface area (Å²) in [6, 6.07) is 0. The highest BCUT2D eigenvalue weighted by Gasteiger charge is 2.61. The average Bonchev–Trinajstić information content (AvgIpc) is 3.23. The number of esters is 2. The van der Waals surface area contributed by atoms with E-state index >= 15 is 0 Å². The Balaban J connectivity index is 2.15. The summed E-state index contributed by atoms with van der Waals surface area (Å²) in [5, 5.41) is 0. The fraction of sp³-hybridized carbons (Fsp3) is 0.524. The van der Waals surface area contributed by atoms with Gasteiger partial charge in [0.05, 0.1) is 30.3 Å². The summed E-state index contributed by atoms with van der Waals surface area (Å²) in [4.78, 5) is 24.2. The Hall–Kier alpha value is -2.42. The largest absolute Gasteiger partial charge is 0.463 e. The van der Waals surface area contributed by atoms with Crippen molar-refractivity contribution in [1.29, 1.82) is 0 Å². The molecule has 2 unspecified atom stereocenters. The normalized spacial score (nSPS) is 20.1. The predicted octanol–water partition coefficient (Wildman–Crippen LogP) is 4.21. The zero-order valence-electron chi connectivity index (χ0n) is 17.4. The van der Waals surface area contributed by atoms with Gasteiger partial charge in [-0.3, -0.25) is 4.79 Å². The summed E-state index contributed by atoms with van der Waals surface area (Å²) in [5.41, 5.74) is -2.15. The van der Waals surface area contributed by atoms with Crippen LogP contribution >= 0.6 is 0 Å². The molecule has 1 aromatic rings. The second-order valence-corrected chi connectivity index (χ2v) is 7.65. The molecule has 0 amide bonds. The maximum absolute atomic E-state index is 14.2. The predicted molar refractivity (Wildman–Crippen MR) is 97.9 cm³/mol. The van der Waals surface area contributed by atoms with Crippen molar-refractivity contribution in [3.05, 3.63) is 46.0 Å². The highest BCUT2D eigenvalue weighted by Crippen LogP contribution is 2.60. The molecule has 2 rings (SSSR count). The molecule has 1 aromatic carbocycles. The van der Waals surface area contributed by atoms with Crippen LogP contribution in [0.4, 0.5) is 17.6 Å². The number of hydrogen-bond acceptors (Lipinski definition) is 5. The van der Waals surface area contributed by atoms with Crippen LogP contribution in [0.25, 0.3) is 0 Å². The van der Waals surface area contributed by atoms with Crippen molar-refractivity contribution in [3.8, 4) is 0 Å². The third kappa shape index (κ3) is 4.50. The molecule has 0 radical (unpaired) electrons. The molecule has 0 N–H and O–H groups in total. The van der Waals surface area contributed by atoms with E-state index in [0.29, 0.717) is 5.57 Å². The van der Waals surface area contributed by atoms with Gasteiger partial charge in [0.2, 0.25) is 0 Å². The van der Waals surface area contributed by atoms with Gasteiger partial charge in [0, 0.05) is 12.7 Å². The molecule has 0 aliphatic heterocycles. The molecular weight excluding hydrogens is 408 g/mol. The van der Waals surface area contributed by atoms with E-state index in [1.807, 2.05) is 0 Å². The van der Waals surface area contributed by atoms with E-state index in [-0.39, 0.29) is 12.5 Å². The second-order valence-electron chi connectivity index (χ2n) is 7.65. The molecule has 0 heterocycles. The van der Waals surface area contributed by atoms with Crippen LogP contribution in [0, 0.1) is 40.5 Å².